The summed E-state index contributed by atoms with van der Waals surface area (Å²) in [5, 5.41) is 2.76. The molecule has 0 saturated carbocycles. The molecule has 1 saturated heterocycles. The van der Waals surface area contributed by atoms with E-state index in [0.717, 1.165) is 13.0 Å². The topological polar surface area (TPSA) is 75.4 Å². The van der Waals surface area contributed by atoms with Crippen molar-refractivity contribution in [3.8, 4) is 0 Å². The molecule has 1 unspecified atom stereocenters. The first-order valence-electron chi connectivity index (χ1n) is 4.95. The van der Waals surface area contributed by atoms with Crippen molar-refractivity contribution in [2.24, 2.45) is 5.73 Å². The van der Waals surface area contributed by atoms with E-state index in [9.17, 15) is 9.59 Å². The molecule has 2 amide bonds. The molecule has 1 fully saturated rings. The predicted molar refractivity (Wildman–Crippen MR) is 52.5 cm³/mol. The van der Waals surface area contributed by atoms with Gasteiger partial charge in [0.1, 0.15) is 0 Å². The Hall–Kier alpha value is -1.10. The van der Waals surface area contributed by atoms with E-state index in [1.54, 1.807) is 0 Å². The summed E-state index contributed by atoms with van der Waals surface area (Å²) >= 11 is 0. The number of hydrogen-bond acceptors (Lipinski definition) is 3. The molecule has 0 aromatic heterocycles. The Labute approximate surface area is 83.6 Å². The Morgan fingerprint density at radius 1 is 1.71 bits per heavy atom. The van der Waals surface area contributed by atoms with Crippen LogP contribution in [-0.2, 0) is 9.59 Å². The molecule has 0 bridgehead atoms. The molecule has 1 aliphatic heterocycles. The monoisotopic (exact) mass is 199 g/mol. The van der Waals surface area contributed by atoms with E-state index in [4.69, 9.17) is 5.73 Å². The molecular weight excluding hydrogens is 182 g/mol. The third-order valence-corrected chi connectivity index (χ3v) is 2.45. The summed E-state index contributed by atoms with van der Waals surface area (Å²) in [6.07, 6.45) is 1.53. The van der Waals surface area contributed by atoms with Crippen LogP contribution in [0.3, 0.4) is 0 Å². The Morgan fingerprint density at radius 2 is 2.43 bits per heavy atom. The van der Waals surface area contributed by atoms with Gasteiger partial charge in [-0.15, -0.1) is 0 Å². The summed E-state index contributed by atoms with van der Waals surface area (Å²) in [4.78, 5) is 24.2. The van der Waals surface area contributed by atoms with Crippen molar-refractivity contribution in [1.82, 2.24) is 10.2 Å². The van der Waals surface area contributed by atoms with Crippen LogP contribution < -0.4 is 11.1 Å². The number of nitrogens with zero attached hydrogens (tertiary/aromatic N) is 1. The van der Waals surface area contributed by atoms with E-state index < -0.39 is 0 Å². The number of carbonyl (C=O) groups excluding carboxylic acids is 2. The van der Waals surface area contributed by atoms with E-state index in [1.165, 1.54) is 0 Å². The van der Waals surface area contributed by atoms with Crippen LogP contribution in [0.25, 0.3) is 0 Å². The highest BCUT2D eigenvalue weighted by molar-refractivity contribution is 5.82. The van der Waals surface area contributed by atoms with E-state index in [2.05, 4.69) is 5.32 Å². The maximum Gasteiger partial charge on any atom is 0.234 e. The molecule has 14 heavy (non-hydrogen) atoms. The van der Waals surface area contributed by atoms with Crippen LogP contribution >= 0.6 is 0 Å². The summed E-state index contributed by atoms with van der Waals surface area (Å²) in [5.74, 6) is -0.371. The lowest BCUT2D eigenvalue weighted by Crippen LogP contribution is -2.47. The minimum Gasteiger partial charge on any atom is -0.368 e. The molecule has 1 aliphatic rings. The quantitative estimate of drug-likeness (QED) is 0.616. The number of carbonyl (C=O) groups is 2. The Bertz CT molecular complexity index is 228. The summed E-state index contributed by atoms with van der Waals surface area (Å²) in [6.45, 7) is 3.62. The number of amides is 2. The smallest absolute Gasteiger partial charge is 0.234 e. The number of rotatable bonds is 3. The van der Waals surface area contributed by atoms with E-state index >= 15 is 0 Å². The van der Waals surface area contributed by atoms with Crippen LogP contribution in [0, 0.1) is 0 Å². The lowest BCUT2D eigenvalue weighted by atomic mass is 10.1. The van der Waals surface area contributed by atoms with Gasteiger partial charge in [0.2, 0.25) is 11.8 Å². The van der Waals surface area contributed by atoms with Crippen LogP contribution in [0.5, 0.6) is 0 Å². The highest BCUT2D eigenvalue weighted by Gasteiger charge is 2.25. The van der Waals surface area contributed by atoms with Crippen LogP contribution in [-0.4, -0.2) is 42.4 Å². The van der Waals surface area contributed by atoms with Gasteiger partial charge >= 0.3 is 0 Å². The fraction of sp³-hybridized carbons (Fsp3) is 0.778. The fourth-order valence-electron chi connectivity index (χ4n) is 1.73. The molecular formula is C9H17N3O2. The zero-order valence-corrected chi connectivity index (χ0v) is 8.45. The van der Waals surface area contributed by atoms with Crippen LogP contribution in [0.1, 0.15) is 19.8 Å². The minimum atomic E-state index is -0.345. The lowest BCUT2D eigenvalue weighted by molar-refractivity contribution is -0.126. The number of nitrogens with two attached hydrogens (primary N) is 1. The van der Waals surface area contributed by atoms with Crippen molar-refractivity contribution in [3.05, 3.63) is 0 Å². The van der Waals surface area contributed by atoms with Crippen LogP contribution in [0.15, 0.2) is 0 Å². The second-order valence-corrected chi connectivity index (χ2v) is 3.50. The summed E-state index contributed by atoms with van der Waals surface area (Å²) in [6, 6.07) is -0.307. The number of nitrogens with one attached hydrogen (secondary N) is 1. The highest BCUT2D eigenvalue weighted by Crippen LogP contribution is 2.06. The number of hydrogen-bond donors (Lipinski definition) is 2. The van der Waals surface area contributed by atoms with Crippen molar-refractivity contribution < 1.29 is 9.59 Å². The van der Waals surface area contributed by atoms with Gasteiger partial charge in [0.15, 0.2) is 0 Å². The molecule has 0 aromatic carbocycles. The molecule has 3 N–H and O–H groups in total. The van der Waals surface area contributed by atoms with Gasteiger partial charge in [0.05, 0.1) is 12.6 Å². The van der Waals surface area contributed by atoms with Gasteiger partial charge in [-0.1, -0.05) is 6.92 Å². The van der Waals surface area contributed by atoms with Crippen molar-refractivity contribution in [2.75, 3.05) is 19.6 Å². The van der Waals surface area contributed by atoms with Gasteiger partial charge in [0, 0.05) is 13.1 Å². The largest absolute Gasteiger partial charge is 0.368 e. The molecule has 0 aliphatic carbocycles. The van der Waals surface area contributed by atoms with E-state index in [0.29, 0.717) is 13.0 Å². The molecule has 1 rings (SSSR count). The average molecular weight is 199 g/mol. The summed E-state index contributed by atoms with van der Waals surface area (Å²) in [5.41, 5.74) is 5.26. The zero-order valence-electron chi connectivity index (χ0n) is 8.45. The first-order valence-corrected chi connectivity index (χ1v) is 4.95. The first kappa shape index (κ1) is 11.0. The van der Waals surface area contributed by atoms with Gasteiger partial charge in [-0.3, -0.25) is 14.5 Å². The minimum absolute atomic E-state index is 0.0257. The average Bonchev–Trinajstić information content (AvgIpc) is 2.31. The number of primary amides is 1. The third-order valence-electron chi connectivity index (χ3n) is 2.45. The maximum atomic E-state index is 11.2. The second kappa shape index (κ2) is 4.95. The highest BCUT2D eigenvalue weighted by atomic mass is 16.2. The SMILES string of the molecule is CCC(C(N)=O)N1CCCNC(=O)C1. The van der Waals surface area contributed by atoms with Crippen LogP contribution in [0.4, 0.5) is 0 Å². The van der Waals surface area contributed by atoms with E-state index in [-0.39, 0.29) is 24.4 Å². The third kappa shape index (κ3) is 2.70. The second-order valence-electron chi connectivity index (χ2n) is 3.50. The van der Waals surface area contributed by atoms with Gasteiger partial charge in [-0.25, -0.2) is 0 Å². The first-order chi connectivity index (χ1) is 6.65. The van der Waals surface area contributed by atoms with E-state index in [1.807, 2.05) is 11.8 Å². The van der Waals surface area contributed by atoms with Crippen molar-refractivity contribution in [2.45, 2.75) is 25.8 Å². The summed E-state index contributed by atoms with van der Waals surface area (Å²) < 4.78 is 0. The molecule has 0 aromatic rings. The summed E-state index contributed by atoms with van der Waals surface area (Å²) in [7, 11) is 0. The molecule has 5 nitrogen and oxygen atoms in total. The van der Waals surface area contributed by atoms with Crippen molar-refractivity contribution in [3.63, 3.8) is 0 Å². The van der Waals surface area contributed by atoms with Crippen LogP contribution in [0.2, 0.25) is 0 Å². The normalized spacial score (nSPS) is 21.1. The molecule has 0 radical (unpaired) electrons. The Morgan fingerprint density at radius 3 is 3.00 bits per heavy atom. The van der Waals surface area contributed by atoms with Gasteiger partial charge in [-0.05, 0) is 12.8 Å². The van der Waals surface area contributed by atoms with Gasteiger partial charge in [0.25, 0.3) is 0 Å². The standard InChI is InChI=1S/C9H17N3O2/c1-2-7(9(10)14)12-5-3-4-11-8(13)6-12/h7H,2-6H2,1H3,(H2,10,14)(H,11,13). The maximum absolute atomic E-state index is 11.2. The fourth-order valence-corrected chi connectivity index (χ4v) is 1.73. The van der Waals surface area contributed by atoms with Crippen molar-refractivity contribution >= 4 is 11.8 Å². The van der Waals surface area contributed by atoms with Gasteiger partial charge < -0.3 is 11.1 Å². The molecule has 1 atom stereocenters. The Kier molecular flexibility index (Phi) is 3.88. The zero-order chi connectivity index (χ0) is 10.6. The molecule has 1 heterocycles. The van der Waals surface area contributed by atoms with Gasteiger partial charge in [-0.2, -0.15) is 0 Å². The predicted octanol–water partition coefficient (Wildman–Crippen LogP) is -0.928. The molecule has 80 valence electrons. The Balaban J connectivity index is 2.63. The molecule has 0 spiro atoms. The van der Waals surface area contributed by atoms with Crippen molar-refractivity contribution in [1.29, 1.82) is 0 Å². The lowest BCUT2D eigenvalue weighted by Gasteiger charge is -2.25. The molecule has 5 heteroatoms.